The zero-order valence-corrected chi connectivity index (χ0v) is 14.1. The fourth-order valence-electron chi connectivity index (χ4n) is 2.96. The van der Waals surface area contributed by atoms with Crippen molar-refractivity contribution in [3.63, 3.8) is 0 Å². The van der Waals surface area contributed by atoms with Gasteiger partial charge < -0.3 is 14.8 Å². The summed E-state index contributed by atoms with van der Waals surface area (Å²) in [6.07, 6.45) is 5.13. The van der Waals surface area contributed by atoms with Crippen LogP contribution in [0.4, 0.5) is 0 Å². The first kappa shape index (κ1) is 16.5. The minimum Gasteiger partial charge on any atom is -0.334 e. The van der Waals surface area contributed by atoms with E-state index in [1.54, 1.807) is 0 Å². The number of aromatic nitrogens is 2. The van der Waals surface area contributed by atoms with Crippen molar-refractivity contribution in [2.24, 2.45) is 0 Å². The summed E-state index contributed by atoms with van der Waals surface area (Å²) in [4.78, 5) is 9.46. The summed E-state index contributed by atoms with van der Waals surface area (Å²) >= 11 is 0. The number of likely N-dealkylation sites (N-methyl/N-ethyl adjacent to an activating group) is 1. The Bertz CT molecular complexity index is 418. The van der Waals surface area contributed by atoms with E-state index in [0.29, 0.717) is 0 Å². The average Bonchev–Trinajstić information content (AvgIpc) is 2.87. The van der Waals surface area contributed by atoms with Crippen LogP contribution in [0.25, 0.3) is 0 Å². The molecule has 5 heteroatoms. The second kappa shape index (κ2) is 7.38. The third-order valence-electron chi connectivity index (χ3n) is 4.47. The van der Waals surface area contributed by atoms with Crippen LogP contribution >= 0.6 is 0 Å². The highest BCUT2D eigenvalue weighted by Gasteiger charge is 2.28. The van der Waals surface area contributed by atoms with E-state index in [-0.39, 0.29) is 5.54 Å². The first-order valence-electron chi connectivity index (χ1n) is 8.17. The predicted molar refractivity (Wildman–Crippen MR) is 87.4 cm³/mol. The number of hydrogen-bond acceptors (Lipinski definition) is 4. The molecule has 0 saturated carbocycles. The Morgan fingerprint density at radius 1 is 1.24 bits per heavy atom. The fourth-order valence-corrected chi connectivity index (χ4v) is 2.96. The summed E-state index contributed by atoms with van der Waals surface area (Å²) in [6.45, 7) is 14.4. The minimum atomic E-state index is 0.198. The largest absolute Gasteiger partial charge is 0.334 e. The molecule has 120 valence electrons. The maximum Gasteiger partial charge on any atom is 0.122 e. The van der Waals surface area contributed by atoms with Crippen molar-refractivity contribution in [3.05, 3.63) is 18.2 Å². The molecule has 0 unspecified atom stereocenters. The first-order valence-corrected chi connectivity index (χ1v) is 8.17. The second-order valence-corrected chi connectivity index (χ2v) is 6.74. The molecule has 2 rings (SSSR count). The molecule has 21 heavy (non-hydrogen) atoms. The van der Waals surface area contributed by atoms with Crippen LogP contribution < -0.4 is 5.32 Å². The molecule has 1 aliphatic heterocycles. The SMILES string of the molecule is CCCn1ccnc1CNCC(C)(C)N1CCN(C)CC1. The Kier molecular flexibility index (Phi) is 5.79. The summed E-state index contributed by atoms with van der Waals surface area (Å²) in [6, 6.07) is 0. The highest BCUT2D eigenvalue weighted by molar-refractivity contribution is 4.93. The van der Waals surface area contributed by atoms with Crippen LogP contribution in [-0.2, 0) is 13.1 Å². The van der Waals surface area contributed by atoms with E-state index >= 15 is 0 Å². The van der Waals surface area contributed by atoms with E-state index in [0.717, 1.165) is 45.0 Å². The molecule has 0 radical (unpaired) electrons. The number of rotatable bonds is 7. The van der Waals surface area contributed by atoms with E-state index in [1.807, 2.05) is 6.20 Å². The molecule has 2 heterocycles. The average molecular weight is 293 g/mol. The lowest BCUT2D eigenvalue weighted by Crippen LogP contribution is -2.57. The molecule has 1 aliphatic rings. The predicted octanol–water partition coefficient (Wildman–Crippen LogP) is 1.41. The smallest absolute Gasteiger partial charge is 0.122 e. The Hall–Kier alpha value is -0.910. The van der Waals surface area contributed by atoms with Crippen molar-refractivity contribution in [2.75, 3.05) is 39.8 Å². The third-order valence-corrected chi connectivity index (χ3v) is 4.47. The van der Waals surface area contributed by atoms with E-state index in [4.69, 9.17) is 0 Å². The van der Waals surface area contributed by atoms with Crippen molar-refractivity contribution in [1.29, 1.82) is 0 Å². The van der Waals surface area contributed by atoms with E-state index in [9.17, 15) is 0 Å². The van der Waals surface area contributed by atoms with Crippen LogP contribution in [-0.4, -0.2) is 64.7 Å². The number of piperazine rings is 1. The molecule has 0 bridgehead atoms. The molecule has 1 saturated heterocycles. The quantitative estimate of drug-likeness (QED) is 0.825. The van der Waals surface area contributed by atoms with Crippen molar-refractivity contribution in [2.45, 2.75) is 45.8 Å². The van der Waals surface area contributed by atoms with Gasteiger partial charge in [-0.2, -0.15) is 0 Å². The van der Waals surface area contributed by atoms with Crippen LogP contribution in [0.3, 0.4) is 0 Å². The fraction of sp³-hybridized carbons (Fsp3) is 0.812. The van der Waals surface area contributed by atoms with Crippen LogP contribution in [0.2, 0.25) is 0 Å². The lowest BCUT2D eigenvalue weighted by molar-refractivity contribution is 0.0616. The van der Waals surface area contributed by atoms with Crippen LogP contribution in [0.5, 0.6) is 0 Å². The lowest BCUT2D eigenvalue weighted by Gasteiger charge is -2.43. The van der Waals surface area contributed by atoms with Gasteiger partial charge in [0, 0.05) is 57.2 Å². The third kappa shape index (κ3) is 4.53. The molecule has 1 aromatic heterocycles. The molecular formula is C16H31N5. The molecule has 0 atom stereocenters. The molecular weight excluding hydrogens is 262 g/mol. The minimum absolute atomic E-state index is 0.198. The van der Waals surface area contributed by atoms with E-state index < -0.39 is 0 Å². The van der Waals surface area contributed by atoms with Gasteiger partial charge in [0.25, 0.3) is 0 Å². The molecule has 0 aromatic carbocycles. The Morgan fingerprint density at radius 3 is 2.62 bits per heavy atom. The Balaban J connectivity index is 1.80. The highest BCUT2D eigenvalue weighted by atomic mass is 15.3. The first-order chi connectivity index (χ1) is 10.0. The van der Waals surface area contributed by atoms with Gasteiger partial charge in [-0.15, -0.1) is 0 Å². The van der Waals surface area contributed by atoms with Crippen molar-refractivity contribution < 1.29 is 0 Å². The summed E-state index contributed by atoms with van der Waals surface area (Å²) in [7, 11) is 2.20. The highest BCUT2D eigenvalue weighted by Crippen LogP contribution is 2.15. The Morgan fingerprint density at radius 2 is 1.95 bits per heavy atom. The number of aryl methyl sites for hydroxylation is 1. The van der Waals surface area contributed by atoms with Crippen molar-refractivity contribution in [1.82, 2.24) is 24.7 Å². The molecule has 1 aromatic rings. The summed E-state index contributed by atoms with van der Waals surface area (Å²) in [5.74, 6) is 1.14. The number of hydrogen-bond donors (Lipinski definition) is 1. The van der Waals surface area contributed by atoms with E-state index in [1.165, 1.54) is 13.1 Å². The summed E-state index contributed by atoms with van der Waals surface area (Å²) in [5, 5.41) is 3.60. The number of nitrogens with zero attached hydrogens (tertiary/aromatic N) is 4. The zero-order valence-electron chi connectivity index (χ0n) is 14.1. The van der Waals surface area contributed by atoms with Crippen molar-refractivity contribution >= 4 is 0 Å². The van der Waals surface area contributed by atoms with Gasteiger partial charge in [-0.3, -0.25) is 4.90 Å². The molecule has 1 fully saturated rings. The van der Waals surface area contributed by atoms with Gasteiger partial charge in [0.05, 0.1) is 6.54 Å². The van der Waals surface area contributed by atoms with E-state index in [2.05, 4.69) is 58.7 Å². The monoisotopic (exact) mass is 293 g/mol. The second-order valence-electron chi connectivity index (χ2n) is 6.74. The molecule has 0 aliphatic carbocycles. The topological polar surface area (TPSA) is 36.3 Å². The molecule has 5 nitrogen and oxygen atoms in total. The van der Waals surface area contributed by atoms with Crippen LogP contribution in [0.15, 0.2) is 12.4 Å². The zero-order chi connectivity index (χ0) is 15.3. The van der Waals surface area contributed by atoms with Gasteiger partial charge in [-0.1, -0.05) is 6.92 Å². The van der Waals surface area contributed by atoms with Gasteiger partial charge in [0.2, 0.25) is 0 Å². The summed E-state index contributed by atoms with van der Waals surface area (Å²) in [5.41, 5.74) is 0.198. The van der Waals surface area contributed by atoms with Crippen LogP contribution in [0, 0.1) is 0 Å². The van der Waals surface area contributed by atoms with Gasteiger partial charge in [0.15, 0.2) is 0 Å². The van der Waals surface area contributed by atoms with Crippen molar-refractivity contribution in [3.8, 4) is 0 Å². The summed E-state index contributed by atoms with van der Waals surface area (Å²) < 4.78 is 2.25. The van der Waals surface area contributed by atoms with Crippen LogP contribution in [0.1, 0.15) is 33.0 Å². The molecule has 0 spiro atoms. The van der Waals surface area contributed by atoms with Gasteiger partial charge in [0.1, 0.15) is 5.82 Å². The maximum absolute atomic E-state index is 4.46. The van der Waals surface area contributed by atoms with Gasteiger partial charge >= 0.3 is 0 Å². The lowest BCUT2D eigenvalue weighted by atomic mass is 10.0. The number of imidazole rings is 1. The number of nitrogens with one attached hydrogen (secondary N) is 1. The van der Waals surface area contributed by atoms with Gasteiger partial charge in [-0.05, 0) is 27.3 Å². The molecule has 1 N–H and O–H groups in total. The normalized spacial score (nSPS) is 18.3. The Labute approximate surface area is 129 Å². The standard InChI is InChI=1S/C16H31N5/c1-5-7-20-8-6-18-15(20)13-17-14-16(2,3)21-11-9-19(4)10-12-21/h6,8,17H,5,7,9-14H2,1-4H3. The molecule has 0 amide bonds. The van der Waals surface area contributed by atoms with Gasteiger partial charge in [-0.25, -0.2) is 4.98 Å². The maximum atomic E-state index is 4.46.